The first kappa shape index (κ1) is 14.6. The van der Waals surface area contributed by atoms with Crippen molar-refractivity contribution in [2.45, 2.75) is 47.5 Å². The number of anilines is 1. The van der Waals surface area contributed by atoms with E-state index in [1.165, 1.54) is 5.01 Å². The largest absolute Gasteiger partial charge is 0.272 e. The zero-order valence-corrected chi connectivity index (χ0v) is 12.8. The number of aromatic nitrogens is 2. The van der Waals surface area contributed by atoms with Crippen LogP contribution in [0, 0.1) is 25.7 Å². The number of carbonyl (C=O) groups is 1. The smallest absolute Gasteiger partial charge is 0.258 e. The highest BCUT2D eigenvalue weighted by Gasteiger charge is 2.35. The number of hydrazone groups is 1. The van der Waals surface area contributed by atoms with Crippen molar-refractivity contribution in [3.05, 3.63) is 17.5 Å². The van der Waals surface area contributed by atoms with Gasteiger partial charge in [0, 0.05) is 17.1 Å². The molecule has 0 unspecified atom stereocenters. The Balaban J connectivity index is 2.21. The first-order chi connectivity index (χ1) is 9.38. The number of nitrogens with zero attached hydrogens (tertiary/aromatic N) is 4. The van der Waals surface area contributed by atoms with Crippen molar-refractivity contribution in [1.82, 2.24) is 9.97 Å². The summed E-state index contributed by atoms with van der Waals surface area (Å²) in [7, 11) is 0. The molecule has 0 spiro atoms. The lowest BCUT2D eigenvalue weighted by Gasteiger charge is -2.14. The molecule has 0 N–H and O–H groups in total. The molecule has 1 amide bonds. The molecule has 20 heavy (non-hydrogen) atoms. The number of amides is 1. The third-order valence-electron chi connectivity index (χ3n) is 3.46. The highest BCUT2D eigenvalue weighted by molar-refractivity contribution is 6.14. The Morgan fingerprint density at radius 1 is 1.20 bits per heavy atom. The quantitative estimate of drug-likeness (QED) is 0.848. The van der Waals surface area contributed by atoms with Crippen LogP contribution in [0.1, 0.15) is 45.0 Å². The fourth-order valence-corrected chi connectivity index (χ4v) is 2.38. The normalized spacial score (nSPS) is 18.9. The topological polar surface area (TPSA) is 58.5 Å². The van der Waals surface area contributed by atoms with E-state index < -0.39 is 0 Å². The van der Waals surface area contributed by atoms with Crippen LogP contribution < -0.4 is 5.01 Å². The van der Waals surface area contributed by atoms with Crippen LogP contribution >= 0.6 is 0 Å². The van der Waals surface area contributed by atoms with Crippen LogP contribution in [0.25, 0.3) is 0 Å². The van der Waals surface area contributed by atoms with Gasteiger partial charge in [0.25, 0.3) is 11.9 Å². The van der Waals surface area contributed by atoms with Gasteiger partial charge in [0.15, 0.2) is 0 Å². The molecular formula is C15H22N4O. The lowest BCUT2D eigenvalue weighted by molar-refractivity contribution is -0.120. The van der Waals surface area contributed by atoms with Crippen LogP contribution in [-0.4, -0.2) is 21.6 Å². The molecule has 1 aromatic heterocycles. The second-order valence-electron chi connectivity index (χ2n) is 5.87. The fraction of sp³-hybridized carbons (Fsp3) is 0.600. The van der Waals surface area contributed by atoms with Crippen LogP contribution in [0.2, 0.25) is 0 Å². The highest BCUT2D eigenvalue weighted by Crippen LogP contribution is 2.25. The van der Waals surface area contributed by atoms with Gasteiger partial charge in [0.2, 0.25) is 0 Å². The van der Waals surface area contributed by atoms with Gasteiger partial charge in [0.05, 0.1) is 5.92 Å². The minimum absolute atomic E-state index is 0.00634. The van der Waals surface area contributed by atoms with Crippen LogP contribution in [0.4, 0.5) is 5.95 Å². The molecule has 0 bridgehead atoms. The third kappa shape index (κ3) is 3.03. The number of hydrogen-bond acceptors (Lipinski definition) is 4. The molecule has 5 heteroatoms. The predicted molar refractivity (Wildman–Crippen MR) is 79.7 cm³/mol. The van der Waals surface area contributed by atoms with Crippen molar-refractivity contribution in [3.8, 4) is 0 Å². The summed E-state index contributed by atoms with van der Waals surface area (Å²) in [6.45, 7) is 10.0. The van der Waals surface area contributed by atoms with Gasteiger partial charge in [-0.2, -0.15) is 10.1 Å². The Labute approximate surface area is 120 Å². The van der Waals surface area contributed by atoms with E-state index in [-0.39, 0.29) is 11.8 Å². The Bertz CT molecular complexity index is 531. The van der Waals surface area contributed by atoms with E-state index in [4.69, 9.17) is 0 Å². The van der Waals surface area contributed by atoms with Crippen molar-refractivity contribution in [2.75, 3.05) is 5.01 Å². The van der Waals surface area contributed by atoms with Gasteiger partial charge in [-0.25, -0.2) is 9.97 Å². The van der Waals surface area contributed by atoms with Gasteiger partial charge < -0.3 is 0 Å². The van der Waals surface area contributed by atoms with Crippen LogP contribution in [0.3, 0.4) is 0 Å². The summed E-state index contributed by atoms with van der Waals surface area (Å²) in [5, 5.41) is 5.72. The lowest BCUT2D eigenvalue weighted by Crippen LogP contribution is -2.28. The molecule has 5 nitrogen and oxygen atoms in total. The average Bonchev–Trinajstić information content (AvgIpc) is 2.61. The summed E-state index contributed by atoms with van der Waals surface area (Å²) in [5.41, 5.74) is 2.55. The molecule has 1 aliphatic rings. The molecule has 0 aromatic carbocycles. The van der Waals surface area contributed by atoms with Crippen molar-refractivity contribution in [2.24, 2.45) is 16.9 Å². The molecule has 1 atom stereocenters. The van der Waals surface area contributed by atoms with E-state index in [9.17, 15) is 4.79 Å². The molecule has 0 radical (unpaired) electrons. The summed E-state index contributed by atoms with van der Waals surface area (Å²) >= 11 is 0. The molecule has 2 heterocycles. The number of rotatable bonds is 4. The molecule has 0 saturated carbocycles. The number of carbonyl (C=O) groups excluding carboxylic acids is 1. The molecule has 1 aromatic rings. The maximum atomic E-state index is 12.5. The zero-order valence-electron chi connectivity index (χ0n) is 12.8. The van der Waals surface area contributed by atoms with Gasteiger partial charge in [-0.15, -0.1) is 0 Å². The van der Waals surface area contributed by atoms with E-state index in [0.717, 1.165) is 29.9 Å². The van der Waals surface area contributed by atoms with E-state index >= 15 is 0 Å². The maximum Gasteiger partial charge on any atom is 0.258 e. The van der Waals surface area contributed by atoms with Crippen LogP contribution in [0.5, 0.6) is 0 Å². The Kier molecular flexibility index (Phi) is 4.16. The molecule has 1 aliphatic heterocycles. The Morgan fingerprint density at radius 3 is 2.35 bits per heavy atom. The zero-order chi connectivity index (χ0) is 14.9. The molecule has 2 rings (SSSR count). The van der Waals surface area contributed by atoms with Crippen molar-refractivity contribution >= 4 is 17.6 Å². The highest BCUT2D eigenvalue weighted by atomic mass is 16.2. The first-order valence-electron chi connectivity index (χ1n) is 7.10. The van der Waals surface area contributed by atoms with E-state index in [0.29, 0.717) is 11.9 Å². The SMILES string of the molecule is CC1=NN(c2nc(C)cc(C)n2)C(=O)[C@@H]1CCC(C)C. The second kappa shape index (κ2) is 5.69. The molecule has 108 valence electrons. The molecule has 0 saturated heterocycles. The molecule has 0 aliphatic carbocycles. The van der Waals surface area contributed by atoms with Gasteiger partial charge in [-0.1, -0.05) is 13.8 Å². The summed E-state index contributed by atoms with van der Waals surface area (Å²) in [4.78, 5) is 21.1. The Hall–Kier alpha value is -1.78. The number of aryl methyl sites for hydroxylation is 2. The van der Waals surface area contributed by atoms with Gasteiger partial charge in [-0.3, -0.25) is 4.79 Å². The summed E-state index contributed by atoms with van der Waals surface area (Å²) < 4.78 is 0. The van der Waals surface area contributed by atoms with Crippen LogP contribution in [-0.2, 0) is 4.79 Å². The summed E-state index contributed by atoms with van der Waals surface area (Å²) in [5.74, 6) is 0.843. The van der Waals surface area contributed by atoms with E-state index in [1.54, 1.807) is 0 Å². The molecule has 0 fully saturated rings. The van der Waals surface area contributed by atoms with Gasteiger partial charge in [-0.05, 0) is 45.6 Å². The standard InChI is InChI=1S/C15H22N4O/c1-9(2)6-7-13-12(5)18-19(14(13)20)15-16-10(3)8-11(4)17-15/h8-9,13H,6-7H2,1-5H3/t13-/m1/s1. The second-order valence-corrected chi connectivity index (χ2v) is 5.87. The van der Waals surface area contributed by atoms with Crippen molar-refractivity contribution in [1.29, 1.82) is 0 Å². The minimum atomic E-state index is -0.123. The number of hydrogen-bond donors (Lipinski definition) is 0. The summed E-state index contributed by atoms with van der Waals surface area (Å²) in [6.07, 6.45) is 1.86. The fourth-order valence-electron chi connectivity index (χ4n) is 2.38. The first-order valence-corrected chi connectivity index (χ1v) is 7.10. The predicted octanol–water partition coefficient (Wildman–Crippen LogP) is 2.87. The van der Waals surface area contributed by atoms with Gasteiger partial charge in [0.1, 0.15) is 0 Å². The molecular weight excluding hydrogens is 252 g/mol. The monoisotopic (exact) mass is 274 g/mol. The van der Waals surface area contributed by atoms with Gasteiger partial charge >= 0.3 is 0 Å². The van der Waals surface area contributed by atoms with Crippen molar-refractivity contribution in [3.63, 3.8) is 0 Å². The van der Waals surface area contributed by atoms with Crippen molar-refractivity contribution < 1.29 is 4.79 Å². The van der Waals surface area contributed by atoms with E-state index in [1.807, 2.05) is 26.8 Å². The Morgan fingerprint density at radius 2 is 1.80 bits per heavy atom. The average molecular weight is 274 g/mol. The van der Waals surface area contributed by atoms with E-state index in [2.05, 4.69) is 28.9 Å². The van der Waals surface area contributed by atoms with Crippen LogP contribution in [0.15, 0.2) is 11.2 Å². The lowest BCUT2D eigenvalue weighted by atomic mass is 9.94. The summed E-state index contributed by atoms with van der Waals surface area (Å²) in [6, 6.07) is 1.89. The third-order valence-corrected chi connectivity index (χ3v) is 3.46. The minimum Gasteiger partial charge on any atom is -0.272 e. The maximum absolute atomic E-state index is 12.5.